The van der Waals surface area contributed by atoms with Gasteiger partial charge in [-0.2, -0.15) is 0 Å². The van der Waals surface area contributed by atoms with Crippen LogP contribution in [0.4, 0.5) is 0 Å². The molecule has 0 aromatic carbocycles. The molecule has 0 aromatic heterocycles. The Morgan fingerprint density at radius 1 is 1.31 bits per heavy atom. The number of aliphatic hydroxyl groups is 1. The van der Waals surface area contributed by atoms with Gasteiger partial charge in [-0.3, -0.25) is 4.90 Å². The Balaban J connectivity index is 1.87. The minimum Gasteiger partial charge on any atom is -0.395 e. The minimum absolute atomic E-state index is 0.160. The molecule has 0 amide bonds. The van der Waals surface area contributed by atoms with Gasteiger partial charge in [0.2, 0.25) is 0 Å². The van der Waals surface area contributed by atoms with Crippen LogP contribution in [0.15, 0.2) is 0 Å². The summed E-state index contributed by atoms with van der Waals surface area (Å²) in [5.41, 5.74) is 0.160. The Hall–Kier alpha value is -0.120. The largest absolute Gasteiger partial charge is 0.395 e. The second kappa shape index (κ2) is 3.95. The lowest BCUT2D eigenvalue weighted by atomic mass is 9.93. The van der Waals surface area contributed by atoms with E-state index in [1.165, 1.54) is 19.3 Å². The van der Waals surface area contributed by atoms with Crippen molar-refractivity contribution in [2.45, 2.75) is 31.3 Å². The molecule has 2 aliphatic heterocycles. The van der Waals surface area contributed by atoms with Crippen LogP contribution in [0.1, 0.15) is 25.7 Å². The van der Waals surface area contributed by atoms with Crippen molar-refractivity contribution >= 4 is 0 Å². The highest BCUT2D eigenvalue weighted by atomic mass is 16.5. The third kappa shape index (κ3) is 2.03. The lowest BCUT2D eigenvalue weighted by molar-refractivity contribution is -0.0698. The number of hydrogen-bond donors (Lipinski definition) is 1. The number of ether oxygens (including phenoxy) is 1. The fourth-order valence-corrected chi connectivity index (χ4v) is 2.49. The average Bonchev–Trinajstić information content (AvgIpc) is 2.51. The lowest BCUT2D eigenvalue weighted by Crippen LogP contribution is -2.39. The van der Waals surface area contributed by atoms with Crippen LogP contribution in [0.2, 0.25) is 0 Å². The highest BCUT2D eigenvalue weighted by Gasteiger charge is 2.39. The van der Waals surface area contributed by atoms with Crippen LogP contribution in [0.5, 0.6) is 0 Å². The molecule has 1 atom stereocenters. The van der Waals surface area contributed by atoms with E-state index >= 15 is 0 Å². The first kappa shape index (κ1) is 9.44. The molecule has 0 aliphatic carbocycles. The van der Waals surface area contributed by atoms with E-state index in [-0.39, 0.29) is 12.2 Å². The van der Waals surface area contributed by atoms with E-state index < -0.39 is 0 Å². The summed E-state index contributed by atoms with van der Waals surface area (Å²) in [5, 5.41) is 8.83. The second-order valence-corrected chi connectivity index (χ2v) is 4.24. The van der Waals surface area contributed by atoms with Crippen molar-refractivity contribution in [2.24, 2.45) is 0 Å². The molecule has 0 radical (unpaired) electrons. The molecule has 0 bridgehead atoms. The van der Waals surface area contributed by atoms with Gasteiger partial charge in [0.25, 0.3) is 0 Å². The van der Waals surface area contributed by atoms with Crippen LogP contribution in [-0.4, -0.2) is 48.5 Å². The number of β-amino-alcohol motifs (C(OH)–C–C–N with tert-alkyl or cyclic N) is 1. The van der Waals surface area contributed by atoms with Crippen molar-refractivity contribution < 1.29 is 9.84 Å². The van der Waals surface area contributed by atoms with Crippen molar-refractivity contribution in [1.29, 1.82) is 0 Å². The summed E-state index contributed by atoms with van der Waals surface area (Å²) >= 11 is 0. The summed E-state index contributed by atoms with van der Waals surface area (Å²) in [7, 11) is 0. The van der Waals surface area contributed by atoms with E-state index in [0.717, 1.165) is 32.7 Å². The highest BCUT2D eigenvalue weighted by Crippen LogP contribution is 2.33. The van der Waals surface area contributed by atoms with Gasteiger partial charge < -0.3 is 9.84 Å². The standard InChI is InChI=1S/C10H19NO2/c12-7-6-11-5-4-10(9-11)3-1-2-8-13-10/h12H,1-9H2. The van der Waals surface area contributed by atoms with Gasteiger partial charge in [-0.1, -0.05) is 0 Å². The Morgan fingerprint density at radius 3 is 2.92 bits per heavy atom. The summed E-state index contributed by atoms with van der Waals surface area (Å²) in [5.74, 6) is 0. The van der Waals surface area contributed by atoms with Crippen LogP contribution >= 0.6 is 0 Å². The van der Waals surface area contributed by atoms with Crippen molar-refractivity contribution in [2.75, 3.05) is 32.8 Å². The summed E-state index contributed by atoms with van der Waals surface area (Å²) in [6.07, 6.45) is 4.91. The topological polar surface area (TPSA) is 32.7 Å². The third-order valence-corrected chi connectivity index (χ3v) is 3.25. The van der Waals surface area contributed by atoms with E-state index in [0.29, 0.717) is 0 Å². The molecule has 76 valence electrons. The zero-order valence-electron chi connectivity index (χ0n) is 8.17. The first-order valence-electron chi connectivity index (χ1n) is 5.32. The van der Waals surface area contributed by atoms with Gasteiger partial charge in [-0.05, 0) is 25.7 Å². The molecule has 2 fully saturated rings. The predicted molar refractivity (Wildman–Crippen MR) is 50.7 cm³/mol. The molecule has 13 heavy (non-hydrogen) atoms. The zero-order chi connectivity index (χ0) is 9.15. The van der Waals surface area contributed by atoms with Gasteiger partial charge in [-0.25, -0.2) is 0 Å². The molecular formula is C10H19NO2. The summed E-state index contributed by atoms with van der Waals surface area (Å²) in [4.78, 5) is 2.31. The summed E-state index contributed by atoms with van der Waals surface area (Å²) in [6.45, 7) is 4.16. The van der Waals surface area contributed by atoms with Crippen molar-refractivity contribution in [3.05, 3.63) is 0 Å². The van der Waals surface area contributed by atoms with Gasteiger partial charge in [0.05, 0.1) is 12.2 Å². The van der Waals surface area contributed by atoms with Crippen molar-refractivity contribution in [3.63, 3.8) is 0 Å². The molecule has 2 saturated heterocycles. The Morgan fingerprint density at radius 2 is 2.23 bits per heavy atom. The molecule has 2 rings (SSSR count). The normalized spacial score (nSPS) is 35.8. The first-order chi connectivity index (χ1) is 6.35. The highest BCUT2D eigenvalue weighted by molar-refractivity contribution is 4.93. The van der Waals surface area contributed by atoms with Crippen LogP contribution in [0, 0.1) is 0 Å². The van der Waals surface area contributed by atoms with Gasteiger partial charge in [-0.15, -0.1) is 0 Å². The fourth-order valence-electron chi connectivity index (χ4n) is 2.49. The van der Waals surface area contributed by atoms with Crippen LogP contribution < -0.4 is 0 Å². The van der Waals surface area contributed by atoms with Gasteiger partial charge in [0.1, 0.15) is 0 Å². The number of hydrogen-bond acceptors (Lipinski definition) is 3. The smallest absolute Gasteiger partial charge is 0.0821 e. The number of likely N-dealkylation sites (tertiary alicyclic amines) is 1. The first-order valence-corrected chi connectivity index (χ1v) is 5.32. The van der Waals surface area contributed by atoms with Crippen LogP contribution in [0.3, 0.4) is 0 Å². The van der Waals surface area contributed by atoms with E-state index in [2.05, 4.69) is 4.90 Å². The molecule has 3 nitrogen and oxygen atoms in total. The monoisotopic (exact) mass is 185 g/mol. The number of aliphatic hydroxyl groups excluding tert-OH is 1. The molecular weight excluding hydrogens is 166 g/mol. The lowest BCUT2D eigenvalue weighted by Gasteiger charge is -2.33. The predicted octanol–water partition coefficient (Wildman–Crippen LogP) is 0.624. The molecule has 0 aromatic rings. The van der Waals surface area contributed by atoms with Crippen molar-refractivity contribution in [3.8, 4) is 0 Å². The van der Waals surface area contributed by atoms with Crippen LogP contribution in [0.25, 0.3) is 0 Å². The molecule has 2 aliphatic rings. The van der Waals surface area contributed by atoms with Gasteiger partial charge in [0.15, 0.2) is 0 Å². The maximum Gasteiger partial charge on any atom is 0.0821 e. The molecule has 1 N–H and O–H groups in total. The average molecular weight is 185 g/mol. The van der Waals surface area contributed by atoms with Gasteiger partial charge in [0, 0.05) is 26.2 Å². The second-order valence-electron chi connectivity index (χ2n) is 4.24. The maximum atomic E-state index is 8.83. The Bertz CT molecular complexity index is 166. The van der Waals surface area contributed by atoms with E-state index in [4.69, 9.17) is 9.84 Å². The molecule has 1 spiro atoms. The molecule has 1 unspecified atom stereocenters. The Labute approximate surface area is 79.7 Å². The van der Waals surface area contributed by atoms with Crippen LogP contribution in [-0.2, 0) is 4.74 Å². The molecule has 2 heterocycles. The summed E-state index contributed by atoms with van der Waals surface area (Å²) in [6, 6.07) is 0. The zero-order valence-corrected chi connectivity index (χ0v) is 8.17. The van der Waals surface area contributed by atoms with E-state index in [1.54, 1.807) is 0 Å². The number of rotatable bonds is 2. The molecule has 3 heteroatoms. The SMILES string of the molecule is OCCN1CCC2(CCCCO2)C1. The quantitative estimate of drug-likeness (QED) is 0.684. The maximum absolute atomic E-state index is 8.83. The van der Waals surface area contributed by atoms with Gasteiger partial charge >= 0.3 is 0 Å². The third-order valence-electron chi connectivity index (χ3n) is 3.25. The fraction of sp³-hybridized carbons (Fsp3) is 1.00. The van der Waals surface area contributed by atoms with Crippen molar-refractivity contribution in [1.82, 2.24) is 4.90 Å². The summed E-state index contributed by atoms with van der Waals surface area (Å²) < 4.78 is 5.88. The minimum atomic E-state index is 0.160. The number of nitrogens with zero attached hydrogens (tertiary/aromatic N) is 1. The molecule has 0 saturated carbocycles. The van der Waals surface area contributed by atoms with E-state index in [1.807, 2.05) is 0 Å². The van der Waals surface area contributed by atoms with E-state index in [9.17, 15) is 0 Å². The Kier molecular flexibility index (Phi) is 2.86.